The van der Waals surface area contributed by atoms with Crippen molar-refractivity contribution < 1.29 is 0 Å². The smallest absolute Gasteiger partial charge is 0.0364 e. The van der Waals surface area contributed by atoms with Crippen LogP contribution in [0.5, 0.6) is 0 Å². The van der Waals surface area contributed by atoms with Crippen LogP contribution >= 0.6 is 0 Å². The maximum atomic E-state index is 3.81. The van der Waals surface area contributed by atoms with Crippen LogP contribution in [0.4, 0.5) is 0 Å². The number of benzene rings is 1. The summed E-state index contributed by atoms with van der Waals surface area (Å²) in [5.74, 6) is 0.698. The van der Waals surface area contributed by atoms with Gasteiger partial charge in [-0.3, -0.25) is 0 Å². The third-order valence-electron chi connectivity index (χ3n) is 6.62. The zero-order chi connectivity index (χ0) is 16.2. The van der Waals surface area contributed by atoms with E-state index < -0.39 is 0 Å². The molecular weight excluding hydrogens is 254 g/mol. The van der Waals surface area contributed by atoms with E-state index in [1.54, 1.807) is 5.56 Å². The van der Waals surface area contributed by atoms with Gasteiger partial charge in [-0.1, -0.05) is 40.7 Å². The Labute approximate surface area is 131 Å². The monoisotopic (exact) mass is 287 g/mol. The molecular formula is C20H33N. The van der Waals surface area contributed by atoms with Crippen molar-refractivity contribution in [3.8, 4) is 0 Å². The van der Waals surface area contributed by atoms with E-state index in [1.165, 1.54) is 22.3 Å². The Morgan fingerprint density at radius 2 is 1.38 bits per heavy atom. The molecule has 21 heavy (non-hydrogen) atoms. The molecule has 0 amide bonds. The van der Waals surface area contributed by atoms with E-state index in [9.17, 15) is 0 Å². The number of hydrogen-bond acceptors (Lipinski definition) is 1. The SMILES string of the molecule is CCNC(c1c(C)c(C)cc(C)c1C)C1C(C)(C)C1(C)C. The molecule has 1 nitrogen and oxygen atoms in total. The van der Waals surface area contributed by atoms with Gasteiger partial charge in [-0.25, -0.2) is 0 Å². The van der Waals surface area contributed by atoms with Crippen LogP contribution in [0.2, 0.25) is 0 Å². The third-order valence-corrected chi connectivity index (χ3v) is 6.62. The molecule has 118 valence electrons. The van der Waals surface area contributed by atoms with Gasteiger partial charge in [-0.05, 0) is 78.8 Å². The Hall–Kier alpha value is -0.820. The average Bonchev–Trinajstić information content (AvgIpc) is 2.76. The van der Waals surface area contributed by atoms with Crippen molar-refractivity contribution in [1.82, 2.24) is 5.32 Å². The van der Waals surface area contributed by atoms with E-state index >= 15 is 0 Å². The van der Waals surface area contributed by atoms with Gasteiger partial charge in [0.05, 0.1) is 0 Å². The van der Waals surface area contributed by atoms with E-state index in [1.807, 2.05) is 0 Å². The van der Waals surface area contributed by atoms with Crippen molar-refractivity contribution in [3.05, 3.63) is 33.9 Å². The van der Waals surface area contributed by atoms with Crippen molar-refractivity contribution in [1.29, 1.82) is 0 Å². The Balaban J connectivity index is 2.56. The molecule has 1 N–H and O–H groups in total. The van der Waals surface area contributed by atoms with Crippen molar-refractivity contribution >= 4 is 0 Å². The summed E-state index contributed by atoms with van der Waals surface area (Å²) in [5, 5.41) is 3.81. The normalized spacial score (nSPS) is 21.4. The first-order chi connectivity index (χ1) is 9.57. The molecule has 1 heteroatoms. The Morgan fingerprint density at radius 1 is 0.952 bits per heavy atom. The van der Waals surface area contributed by atoms with Crippen LogP contribution in [0.25, 0.3) is 0 Å². The van der Waals surface area contributed by atoms with Crippen LogP contribution in [-0.2, 0) is 0 Å². The highest BCUT2D eigenvalue weighted by Crippen LogP contribution is 2.72. The van der Waals surface area contributed by atoms with Gasteiger partial charge in [-0.2, -0.15) is 0 Å². The predicted molar refractivity (Wildman–Crippen MR) is 92.9 cm³/mol. The molecule has 0 aromatic heterocycles. The number of hydrogen-bond donors (Lipinski definition) is 1. The van der Waals surface area contributed by atoms with Gasteiger partial charge < -0.3 is 5.32 Å². The van der Waals surface area contributed by atoms with Gasteiger partial charge in [0.2, 0.25) is 0 Å². The van der Waals surface area contributed by atoms with E-state index in [4.69, 9.17) is 0 Å². The molecule has 0 spiro atoms. The summed E-state index contributed by atoms with van der Waals surface area (Å²) in [6.07, 6.45) is 0. The molecule has 0 saturated heterocycles. The fraction of sp³-hybridized carbons (Fsp3) is 0.700. The first-order valence-corrected chi connectivity index (χ1v) is 8.38. The molecule has 1 aromatic carbocycles. The fourth-order valence-electron chi connectivity index (χ4n) is 4.40. The third kappa shape index (κ3) is 2.34. The molecule has 1 fully saturated rings. The van der Waals surface area contributed by atoms with Gasteiger partial charge in [0, 0.05) is 6.04 Å². The lowest BCUT2D eigenvalue weighted by atomic mass is 9.85. The highest BCUT2D eigenvalue weighted by Gasteiger charge is 2.67. The minimum absolute atomic E-state index is 0.399. The second-order valence-corrected chi connectivity index (χ2v) is 8.13. The molecule has 0 bridgehead atoms. The zero-order valence-electron chi connectivity index (χ0n) is 15.4. The summed E-state index contributed by atoms with van der Waals surface area (Å²) in [6, 6.07) is 2.80. The molecule has 1 aliphatic rings. The Bertz CT molecular complexity index is 511. The number of aryl methyl sites for hydroxylation is 2. The van der Waals surface area contributed by atoms with Gasteiger partial charge in [-0.15, -0.1) is 0 Å². The minimum Gasteiger partial charge on any atom is -0.310 e. The molecule has 1 saturated carbocycles. The van der Waals surface area contributed by atoms with Crippen LogP contribution in [0.3, 0.4) is 0 Å². The summed E-state index contributed by atoms with van der Waals surface area (Å²) < 4.78 is 0. The zero-order valence-corrected chi connectivity index (χ0v) is 15.4. The lowest BCUT2D eigenvalue weighted by Crippen LogP contribution is -2.27. The first-order valence-electron chi connectivity index (χ1n) is 8.38. The second-order valence-electron chi connectivity index (χ2n) is 8.13. The molecule has 1 unspecified atom stereocenters. The topological polar surface area (TPSA) is 12.0 Å². The standard InChI is InChI=1S/C20H33N/c1-10-21-17(18-19(6,7)20(18,8)9)16-14(4)12(2)11-13(3)15(16)5/h11,17-18,21H,10H2,1-9H3. The lowest BCUT2D eigenvalue weighted by molar-refractivity contribution is 0.415. The van der Waals surface area contributed by atoms with Gasteiger partial charge >= 0.3 is 0 Å². The largest absolute Gasteiger partial charge is 0.310 e. The maximum absolute atomic E-state index is 3.81. The molecule has 1 aromatic rings. The maximum Gasteiger partial charge on any atom is 0.0364 e. The fourth-order valence-corrected chi connectivity index (χ4v) is 4.40. The summed E-state index contributed by atoms with van der Waals surface area (Å²) in [6.45, 7) is 22.0. The first kappa shape index (κ1) is 16.5. The minimum atomic E-state index is 0.399. The molecule has 0 radical (unpaired) electrons. The molecule has 0 aliphatic heterocycles. The lowest BCUT2D eigenvalue weighted by Gasteiger charge is -2.27. The van der Waals surface area contributed by atoms with Gasteiger partial charge in [0.15, 0.2) is 0 Å². The van der Waals surface area contributed by atoms with E-state index in [0.29, 0.717) is 22.8 Å². The van der Waals surface area contributed by atoms with Crippen molar-refractivity contribution in [2.24, 2.45) is 16.7 Å². The number of rotatable bonds is 4. The van der Waals surface area contributed by atoms with E-state index in [2.05, 4.69) is 73.7 Å². The molecule has 1 aliphatic carbocycles. The van der Waals surface area contributed by atoms with Crippen molar-refractivity contribution in [2.45, 2.75) is 68.4 Å². The molecule has 0 heterocycles. The second kappa shape index (κ2) is 5.12. The van der Waals surface area contributed by atoms with Crippen LogP contribution in [-0.4, -0.2) is 6.54 Å². The quantitative estimate of drug-likeness (QED) is 0.797. The summed E-state index contributed by atoms with van der Waals surface area (Å²) in [7, 11) is 0. The summed E-state index contributed by atoms with van der Waals surface area (Å²) in [5.41, 5.74) is 8.15. The molecule has 1 atom stereocenters. The van der Waals surface area contributed by atoms with Crippen molar-refractivity contribution in [2.75, 3.05) is 6.54 Å². The predicted octanol–water partition coefficient (Wildman–Crippen LogP) is 5.25. The van der Waals surface area contributed by atoms with Crippen LogP contribution < -0.4 is 5.32 Å². The number of nitrogens with one attached hydrogen (secondary N) is 1. The summed E-state index contributed by atoms with van der Waals surface area (Å²) >= 11 is 0. The van der Waals surface area contributed by atoms with Gasteiger partial charge in [0.1, 0.15) is 0 Å². The average molecular weight is 287 g/mol. The highest BCUT2D eigenvalue weighted by molar-refractivity contribution is 5.47. The van der Waals surface area contributed by atoms with Crippen LogP contribution in [0.15, 0.2) is 6.07 Å². The van der Waals surface area contributed by atoms with E-state index in [-0.39, 0.29) is 0 Å². The van der Waals surface area contributed by atoms with Crippen LogP contribution in [0, 0.1) is 44.4 Å². The Kier molecular flexibility index (Phi) is 4.04. The Morgan fingerprint density at radius 3 is 1.71 bits per heavy atom. The molecule has 2 rings (SSSR count). The highest BCUT2D eigenvalue weighted by atomic mass is 15.0. The van der Waals surface area contributed by atoms with E-state index in [0.717, 1.165) is 6.54 Å². The van der Waals surface area contributed by atoms with Crippen molar-refractivity contribution in [3.63, 3.8) is 0 Å². The van der Waals surface area contributed by atoms with Crippen LogP contribution in [0.1, 0.15) is 68.5 Å². The van der Waals surface area contributed by atoms with Gasteiger partial charge in [0.25, 0.3) is 0 Å². The summed E-state index contributed by atoms with van der Waals surface area (Å²) in [4.78, 5) is 0.